The number of esters is 1. The van der Waals surface area contributed by atoms with Crippen molar-refractivity contribution in [3.8, 4) is 0 Å². The van der Waals surface area contributed by atoms with Crippen molar-refractivity contribution < 1.29 is 19.7 Å². The highest BCUT2D eigenvalue weighted by atomic mass is 16.5. The lowest BCUT2D eigenvalue weighted by Crippen LogP contribution is -2.38. The molecule has 104 valence electrons. The molecule has 1 aromatic carbocycles. The molecule has 1 fully saturated rings. The van der Waals surface area contributed by atoms with Crippen molar-refractivity contribution in [1.82, 2.24) is 4.90 Å². The van der Waals surface area contributed by atoms with E-state index in [1.54, 1.807) is 6.92 Å². The van der Waals surface area contributed by atoms with Crippen LogP contribution in [0.1, 0.15) is 18.9 Å². The fraction of sp³-hybridized carbons (Fsp3) is 0.500. The van der Waals surface area contributed by atoms with E-state index in [-0.39, 0.29) is 13.0 Å². The first-order chi connectivity index (χ1) is 9.13. The van der Waals surface area contributed by atoms with E-state index in [0.717, 1.165) is 5.56 Å². The summed E-state index contributed by atoms with van der Waals surface area (Å²) >= 11 is 0. The van der Waals surface area contributed by atoms with E-state index in [2.05, 4.69) is 0 Å². The lowest BCUT2D eigenvalue weighted by atomic mass is 10.1. The molecule has 1 heterocycles. The minimum Gasteiger partial charge on any atom is -0.466 e. The third-order valence-corrected chi connectivity index (χ3v) is 3.34. The van der Waals surface area contributed by atoms with E-state index < -0.39 is 24.3 Å². The van der Waals surface area contributed by atoms with Gasteiger partial charge in [-0.1, -0.05) is 30.3 Å². The minimum atomic E-state index is -1.01. The van der Waals surface area contributed by atoms with Gasteiger partial charge in [0.1, 0.15) is 18.4 Å². The van der Waals surface area contributed by atoms with Gasteiger partial charge >= 0.3 is 5.97 Å². The second-order valence-corrected chi connectivity index (χ2v) is 4.65. The van der Waals surface area contributed by atoms with Crippen LogP contribution in [0.25, 0.3) is 0 Å². The molecule has 5 nitrogen and oxygen atoms in total. The molecule has 3 atom stereocenters. The number of hydrogen-bond donors (Lipinski definition) is 2. The molecular formula is C14H19NO4. The molecule has 1 aromatic rings. The van der Waals surface area contributed by atoms with Gasteiger partial charge in [0.05, 0.1) is 6.61 Å². The summed E-state index contributed by atoms with van der Waals surface area (Å²) in [5.74, 6) is -1.14. The largest absolute Gasteiger partial charge is 0.466 e. The number of rotatable bonds is 4. The zero-order valence-electron chi connectivity index (χ0n) is 10.9. The molecule has 3 unspecified atom stereocenters. The number of aliphatic hydroxyl groups excluding tert-OH is 2. The van der Waals surface area contributed by atoms with Gasteiger partial charge in [-0.05, 0) is 12.5 Å². The van der Waals surface area contributed by atoms with Crippen molar-refractivity contribution in [2.24, 2.45) is 5.92 Å². The van der Waals surface area contributed by atoms with Gasteiger partial charge in [-0.3, -0.25) is 4.79 Å². The van der Waals surface area contributed by atoms with Crippen molar-refractivity contribution in [2.75, 3.05) is 6.61 Å². The van der Waals surface area contributed by atoms with E-state index in [4.69, 9.17) is 4.74 Å². The lowest BCUT2D eigenvalue weighted by molar-refractivity contribution is -0.154. The molecule has 1 aliphatic heterocycles. The Labute approximate surface area is 112 Å². The van der Waals surface area contributed by atoms with E-state index in [1.165, 1.54) is 4.90 Å². The predicted octanol–water partition coefficient (Wildman–Crippen LogP) is 0.708. The Morgan fingerprint density at radius 3 is 2.68 bits per heavy atom. The van der Waals surface area contributed by atoms with Crippen LogP contribution in [0.5, 0.6) is 0 Å². The van der Waals surface area contributed by atoms with Gasteiger partial charge in [0.15, 0.2) is 0 Å². The molecule has 19 heavy (non-hydrogen) atoms. The van der Waals surface area contributed by atoms with Crippen LogP contribution in [-0.2, 0) is 16.1 Å². The first-order valence-electron chi connectivity index (χ1n) is 6.46. The molecule has 0 radical (unpaired) electrons. The van der Waals surface area contributed by atoms with E-state index in [1.807, 2.05) is 30.3 Å². The van der Waals surface area contributed by atoms with E-state index in [0.29, 0.717) is 6.54 Å². The number of nitrogens with zero attached hydrogens (tertiary/aromatic N) is 1. The van der Waals surface area contributed by atoms with Crippen LogP contribution in [0.2, 0.25) is 0 Å². The Balaban J connectivity index is 2.04. The summed E-state index contributed by atoms with van der Waals surface area (Å²) in [4.78, 5) is 13.2. The molecule has 2 rings (SSSR count). The summed E-state index contributed by atoms with van der Waals surface area (Å²) < 4.78 is 4.91. The zero-order chi connectivity index (χ0) is 13.8. The van der Waals surface area contributed by atoms with Crippen LogP contribution in [0, 0.1) is 5.92 Å². The number of hydrogen-bond acceptors (Lipinski definition) is 5. The Morgan fingerprint density at radius 1 is 1.37 bits per heavy atom. The van der Waals surface area contributed by atoms with Crippen LogP contribution in [0.3, 0.4) is 0 Å². The van der Waals surface area contributed by atoms with Crippen molar-refractivity contribution in [1.29, 1.82) is 0 Å². The third-order valence-electron chi connectivity index (χ3n) is 3.34. The van der Waals surface area contributed by atoms with Gasteiger partial charge in [0, 0.05) is 13.0 Å². The van der Waals surface area contributed by atoms with Crippen molar-refractivity contribution in [3.05, 3.63) is 35.9 Å². The Bertz CT molecular complexity index is 423. The highest BCUT2D eigenvalue weighted by Crippen LogP contribution is 2.29. The summed E-state index contributed by atoms with van der Waals surface area (Å²) in [5.41, 5.74) is 0.977. The Kier molecular flexibility index (Phi) is 4.52. The summed E-state index contributed by atoms with van der Waals surface area (Å²) in [6, 6.07) is 9.52. The normalized spacial score (nSPS) is 27.4. The summed E-state index contributed by atoms with van der Waals surface area (Å²) in [6.07, 6.45) is -1.63. The van der Waals surface area contributed by atoms with Gasteiger partial charge in [-0.25, -0.2) is 4.90 Å². The first-order valence-corrected chi connectivity index (χ1v) is 6.46. The van der Waals surface area contributed by atoms with Crippen molar-refractivity contribution in [2.45, 2.75) is 32.3 Å². The number of benzene rings is 1. The van der Waals surface area contributed by atoms with Crippen LogP contribution >= 0.6 is 0 Å². The van der Waals surface area contributed by atoms with Gasteiger partial charge in [-0.15, -0.1) is 0 Å². The molecular weight excluding hydrogens is 246 g/mol. The van der Waals surface area contributed by atoms with Crippen molar-refractivity contribution >= 4 is 5.97 Å². The van der Waals surface area contributed by atoms with Gasteiger partial charge < -0.3 is 14.9 Å². The van der Waals surface area contributed by atoms with Crippen LogP contribution in [0.4, 0.5) is 0 Å². The minimum absolute atomic E-state index is 0.201. The zero-order valence-corrected chi connectivity index (χ0v) is 10.9. The molecule has 5 heteroatoms. The molecule has 1 aliphatic rings. The maximum Gasteiger partial charge on any atom is 0.313 e. The van der Waals surface area contributed by atoms with Crippen molar-refractivity contribution in [3.63, 3.8) is 0 Å². The van der Waals surface area contributed by atoms with Crippen LogP contribution in [-0.4, -0.2) is 40.1 Å². The number of carbonyl (C=O) groups is 1. The van der Waals surface area contributed by atoms with Gasteiger partial charge in [0.2, 0.25) is 0 Å². The van der Waals surface area contributed by atoms with Gasteiger partial charge in [0.25, 0.3) is 0 Å². The molecule has 0 spiro atoms. The smallest absolute Gasteiger partial charge is 0.313 e. The monoisotopic (exact) mass is 265 g/mol. The Morgan fingerprint density at radius 2 is 2.05 bits per heavy atom. The van der Waals surface area contributed by atoms with Crippen LogP contribution in [0.15, 0.2) is 30.3 Å². The maximum atomic E-state index is 11.7. The third kappa shape index (κ3) is 3.12. The van der Waals surface area contributed by atoms with Crippen LogP contribution < -0.4 is 0 Å². The lowest BCUT2D eigenvalue weighted by Gasteiger charge is -2.24. The maximum absolute atomic E-state index is 11.7. The Hall–Kier alpha value is -1.43. The topological polar surface area (TPSA) is 70.0 Å². The fourth-order valence-electron chi connectivity index (χ4n) is 2.35. The quantitative estimate of drug-likeness (QED) is 0.785. The molecule has 0 saturated carbocycles. The number of likely N-dealkylation sites (tertiary alicyclic amines) is 1. The predicted molar refractivity (Wildman–Crippen MR) is 68.7 cm³/mol. The highest BCUT2D eigenvalue weighted by molar-refractivity contribution is 5.73. The SMILES string of the molecule is CCOC(=O)C1CC(O)N(Cc2ccccc2)C1O. The second-order valence-electron chi connectivity index (χ2n) is 4.65. The molecule has 0 aliphatic carbocycles. The fourth-order valence-corrected chi connectivity index (χ4v) is 2.35. The molecule has 0 aromatic heterocycles. The average Bonchev–Trinajstić information content (AvgIpc) is 2.68. The molecule has 1 saturated heterocycles. The second kappa shape index (κ2) is 6.14. The molecule has 2 N–H and O–H groups in total. The number of ether oxygens (including phenoxy) is 1. The summed E-state index contributed by atoms with van der Waals surface area (Å²) in [7, 11) is 0. The summed E-state index contributed by atoms with van der Waals surface area (Å²) in [6.45, 7) is 2.40. The number of carbonyl (C=O) groups excluding carboxylic acids is 1. The molecule has 0 amide bonds. The van der Waals surface area contributed by atoms with E-state index >= 15 is 0 Å². The average molecular weight is 265 g/mol. The first kappa shape index (κ1) is 14.0. The number of aliphatic hydroxyl groups is 2. The summed E-state index contributed by atoms with van der Waals surface area (Å²) in [5, 5.41) is 20.1. The van der Waals surface area contributed by atoms with E-state index in [9.17, 15) is 15.0 Å². The van der Waals surface area contributed by atoms with Gasteiger partial charge in [-0.2, -0.15) is 0 Å². The molecule has 0 bridgehead atoms. The standard InChI is InChI=1S/C14H19NO4/c1-2-19-14(18)11-8-12(16)15(13(11)17)9-10-6-4-3-5-7-10/h3-7,11-13,16-17H,2,8-9H2,1H3. The highest BCUT2D eigenvalue weighted by Gasteiger charge is 2.43.